The van der Waals surface area contributed by atoms with Crippen molar-refractivity contribution in [3.05, 3.63) is 28.8 Å². The van der Waals surface area contributed by atoms with E-state index >= 15 is 0 Å². The molecule has 0 saturated heterocycles. The lowest BCUT2D eigenvalue weighted by molar-refractivity contribution is -0.305. The third-order valence-electron chi connectivity index (χ3n) is 2.90. The lowest BCUT2D eigenvalue weighted by Crippen LogP contribution is -2.25. The number of hydrogen-bond donors (Lipinski definition) is 1. The molecule has 0 aliphatic heterocycles. The number of aliphatic carboxylic acids is 1. The molecule has 23 heavy (non-hydrogen) atoms. The minimum atomic E-state index is -4.76. The Labute approximate surface area is 136 Å². The molecule has 0 aromatic heterocycles. The summed E-state index contributed by atoms with van der Waals surface area (Å²) >= 11 is 5.43. The summed E-state index contributed by atoms with van der Waals surface area (Å²) in [6, 6.07) is 2.33. The van der Waals surface area contributed by atoms with E-state index in [4.69, 9.17) is 11.6 Å². The number of rotatable bonds is 8. The highest BCUT2D eigenvalue weighted by atomic mass is 35.5. The van der Waals surface area contributed by atoms with Gasteiger partial charge in [-0.2, -0.15) is 13.2 Å². The molecule has 0 amide bonds. The SMILES string of the molecule is O=C([O-])CCCCCNS(=O)(=O)c1ccc(Cl)c(C(F)(F)F)c1. The Morgan fingerprint density at radius 1 is 1.22 bits per heavy atom. The van der Waals surface area contributed by atoms with Gasteiger partial charge in [0.05, 0.1) is 15.5 Å². The Balaban J connectivity index is 2.68. The van der Waals surface area contributed by atoms with E-state index in [0.29, 0.717) is 25.3 Å². The zero-order chi connectivity index (χ0) is 17.7. The van der Waals surface area contributed by atoms with Crippen LogP contribution in [0.3, 0.4) is 0 Å². The zero-order valence-electron chi connectivity index (χ0n) is 11.8. The van der Waals surface area contributed by atoms with Crippen LogP contribution in [0.2, 0.25) is 5.02 Å². The fourth-order valence-electron chi connectivity index (χ4n) is 1.75. The number of alkyl halides is 3. The second-order valence-corrected chi connectivity index (χ2v) is 6.89. The van der Waals surface area contributed by atoms with Crippen LogP contribution in [0.1, 0.15) is 31.2 Å². The normalized spacial score (nSPS) is 12.3. The van der Waals surface area contributed by atoms with E-state index < -0.39 is 37.7 Å². The molecule has 1 N–H and O–H groups in total. The van der Waals surface area contributed by atoms with E-state index in [0.717, 1.165) is 12.1 Å². The van der Waals surface area contributed by atoms with Gasteiger partial charge in [0.2, 0.25) is 10.0 Å². The topological polar surface area (TPSA) is 86.3 Å². The van der Waals surface area contributed by atoms with Crippen LogP contribution in [0.15, 0.2) is 23.1 Å². The summed E-state index contributed by atoms with van der Waals surface area (Å²) in [7, 11) is -4.10. The zero-order valence-corrected chi connectivity index (χ0v) is 13.4. The minimum Gasteiger partial charge on any atom is -0.550 e. The van der Waals surface area contributed by atoms with Crippen LogP contribution in [0.5, 0.6) is 0 Å². The maximum Gasteiger partial charge on any atom is 0.417 e. The number of hydrogen-bond acceptors (Lipinski definition) is 4. The molecule has 0 spiro atoms. The number of carbonyl (C=O) groups excluding carboxylic acids is 1. The lowest BCUT2D eigenvalue weighted by atomic mass is 10.2. The monoisotopic (exact) mass is 372 g/mol. The predicted octanol–water partition coefficient (Wildman–Crippen LogP) is 1.95. The van der Waals surface area contributed by atoms with Gasteiger partial charge in [-0.15, -0.1) is 0 Å². The molecular weight excluding hydrogens is 359 g/mol. The van der Waals surface area contributed by atoms with Crippen LogP contribution >= 0.6 is 11.6 Å². The van der Waals surface area contributed by atoms with Crippen molar-refractivity contribution in [1.82, 2.24) is 4.72 Å². The van der Waals surface area contributed by atoms with Crippen molar-refractivity contribution >= 4 is 27.6 Å². The number of nitrogens with one attached hydrogen (secondary N) is 1. The second kappa shape index (κ2) is 7.98. The molecule has 0 bridgehead atoms. The van der Waals surface area contributed by atoms with Crippen LogP contribution in [-0.4, -0.2) is 20.9 Å². The molecule has 0 fully saturated rings. The summed E-state index contributed by atoms with van der Waals surface area (Å²) in [5, 5.41) is 9.61. The Bertz CT molecular complexity index is 662. The van der Waals surface area contributed by atoms with Gasteiger partial charge in [-0.25, -0.2) is 13.1 Å². The van der Waals surface area contributed by atoms with Crippen molar-refractivity contribution in [2.45, 2.75) is 36.8 Å². The smallest absolute Gasteiger partial charge is 0.417 e. The van der Waals surface area contributed by atoms with Crippen molar-refractivity contribution in [3.8, 4) is 0 Å². The quantitative estimate of drug-likeness (QED) is 0.707. The standard InChI is InChI=1S/C13H15ClF3NO4S/c14-11-6-5-9(8-10(11)13(15,16)17)23(21,22)18-7-3-1-2-4-12(19)20/h5-6,8,18H,1-4,7H2,(H,19,20)/p-1. The average Bonchev–Trinajstić information content (AvgIpc) is 2.41. The van der Waals surface area contributed by atoms with Crippen LogP contribution in [-0.2, 0) is 21.0 Å². The average molecular weight is 373 g/mol. The summed E-state index contributed by atoms with van der Waals surface area (Å²) < 4.78 is 64.2. The molecule has 0 heterocycles. The number of benzene rings is 1. The molecule has 5 nitrogen and oxygen atoms in total. The van der Waals surface area contributed by atoms with Gasteiger partial charge in [-0.3, -0.25) is 0 Å². The molecule has 0 unspecified atom stereocenters. The summed E-state index contributed by atoms with van der Waals surface area (Å²) in [4.78, 5) is 9.65. The van der Waals surface area contributed by atoms with E-state index in [1.54, 1.807) is 0 Å². The molecule has 130 valence electrons. The van der Waals surface area contributed by atoms with E-state index in [2.05, 4.69) is 4.72 Å². The first kappa shape index (κ1) is 19.7. The van der Waals surface area contributed by atoms with Crippen molar-refractivity contribution < 1.29 is 31.5 Å². The Morgan fingerprint density at radius 3 is 2.43 bits per heavy atom. The number of carboxylic acids is 1. The van der Waals surface area contributed by atoms with Gasteiger partial charge < -0.3 is 9.90 Å². The third-order valence-corrected chi connectivity index (χ3v) is 4.69. The van der Waals surface area contributed by atoms with E-state index in [-0.39, 0.29) is 13.0 Å². The highest BCUT2D eigenvalue weighted by Gasteiger charge is 2.34. The summed E-state index contributed by atoms with van der Waals surface area (Å²) in [5.41, 5.74) is -1.23. The van der Waals surface area contributed by atoms with Gasteiger partial charge in [0.15, 0.2) is 0 Å². The van der Waals surface area contributed by atoms with Crippen LogP contribution in [0.4, 0.5) is 13.2 Å². The molecule has 0 aliphatic carbocycles. The summed E-state index contributed by atoms with van der Waals surface area (Å²) in [6.45, 7) is -0.0145. The van der Waals surface area contributed by atoms with E-state index in [1.807, 2.05) is 0 Å². The lowest BCUT2D eigenvalue weighted by Gasteiger charge is -2.12. The van der Waals surface area contributed by atoms with E-state index in [1.165, 1.54) is 0 Å². The van der Waals surface area contributed by atoms with Crippen molar-refractivity contribution in [2.24, 2.45) is 0 Å². The Kier molecular flexibility index (Phi) is 6.84. The van der Waals surface area contributed by atoms with Gasteiger partial charge >= 0.3 is 6.18 Å². The fourth-order valence-corrected chi connectivity index (χ4v) is 3.07. The van der Waals surface area contributed by atoms with Crippen LogP contribution < -0.4 is 9.83 Å². The number of unbranched alkanes of at least 4 members (excludes halogenated alkanes) is 2. The van der Waals surface area contributed by atoms with Gasteiger partial charge in [0.1, 0.15) is 0 Å². The molecule has 0 radical (unpaired) electrons. The molecule has 10 heteroatoms. The molecule has 0 saturated carbocycles. The van der Waals surface area contributed by atoms with Crippen molar-refractivity contribution in [1.29, 1.82) is 0 Å². The van der Waals surface area contributed by atoms with Crippen molar-refractivity contribution in [3.63, 3.8) is 0 Å². The fraction of sp³-hybridized carbons (Fsp3) is 0.462. The molecular formula is C13H14ClF3NO4S-. The second-order valence-electron chi connectivity index (χ2n) is 4.72. The first-order valence-corrected chi connectivity index (χ1v) is 8.46. The number of sulfonamides is 1. The van der Waals surface area contributed by atoms with Gasteiger partial charge in [0, 0.05) is 12.5 Å². The molecule has 0 atom stereocenters. The summed E-state index contributed by atoms with van der Waals surface area (Å²) in [6.07, 6.45) is -3.74. The first-order chi connectivity index (χ1) is 10.5. The Morgan fingerprint density at radius 2 is 1.87 bits per heavy atom. The predicted molar refractivity (Wildman–Crippen MR) is 75.1 cm³/mol. The minimum absolute atomic E-state index is 0.0145. The third kappa shape index (κ3) is 6.36. The molecule has 1 rings (SSSR count). The summed E-state index contributed by atoms with van der Waals surface area (Å²) in [5.74, 6) is -1.19. The first-order valence-electron chi connectivity index (χ1n) is 6.60. The number of carboxylic acid groups (broad SMARTS) is 1. The maximum absolute atomic E-state index is 12.7. The van der Waals surface area contributed by atoms with Crippen LogP contribution in [0, 0.1) is 0 Å². The molecule has 0 aliphatic rings. The van der Waals surface area contributed by atoms with Gasteiger partial charge in [0.25, 0.3) is 0 Å². The van der Waals surface area contributed by atoms with Crippen LogP contribution in [0.25, 0.3) is 0 Å². The molecule has 1 aromatic carbocycles. The van der Waals surface area contributed by atoms with Gasteiger partial charge in [-0.05, 0) is 37.5 Å². The van der Waals surface area contributed by atoms with Gasteiger partial charge in [-0.1, -0.05) is 18.0 Å². The number of carbonyl (C=O) groups is 1. The highest BCUT2D eigenvalue weighted by molar-refractivity contribution is 7.89. The van der Waals surface area contributed by atoms with Crippen molar-refractivity contribution in [2.75, 3.05) is 6.54 Å². The highest BCUT2D eigenvalue weighted by Crippen LogP contribution is 2.35. The molecule has 1 aromatic rings. The number of halogens is 4. The maximum atomic E-state index is 12.7. The van der Waals surface area contributed by atoms with E-state index in [9.17, 15) is 31.5 Å². The largest absolute Gasteiger partial charge is 0.550 e. The Hall–Kier alpha value is -1.32.